The fraction of sp³-hybridized carbons (Fsp3) is 0.562. The third-order valence-corrected chi connectivity index (χ3v) is 4.00. The van der Waals surface area contributed by atoms with Crippen LogP contribution in [0.4, 0.5) is 0 Å². The average molecular weight is 275 g/mol. The number of likely N-dealkylation sites (tertiary alicyclic amines) is 1. The molecule has 110 valence electrons. The number of carbonyl (C=O) groups excluding carboxylic acids is 1. The highest BCUT2D eigenvalue weighted by Crippen LogP contribution is 2.17. The van der Waals surface area contributed by atoms with Gasteiger partial charge in [-0.1, -0.05) is 30.3 Å². The molecule has 1 fully saturated rings. The first-order valence-corrected chi connectivity index (χ1v) is 7.36. The molecule has 0 aliphatic carbocycles. The SMILES string of the molecule is CC(N)C(=O)N1CCC[C@H](N(C)Cc2ccccc2)C1. The van der Waals surface area contributed by atoms with Gasteiger partial charge in [-0.15, -0.1) is 0 Å². The molecule has 1 unspecified atom stereocenters. The van der Waals surface area contributed by atoms with Crippen molar-refractivity contribution in [1.29, 1.82) is 0 Å². The minimum Gasteiger partial charge on any atom is -0.340 e. The molecule has 1 aliphatic heterocycles. The van der Waals surface area contributed by atoms with E-state index in [1.807, 2.05) is 11.0 Å². The monoisotopic (exact) mass is 275 g/mol. The standard InChI is InChI=1S/C16H25N3O/c1-13(17)16(20)19-10-6-9-15(12-19)18(2)11-14-7-4-3-5-8-14/h3-5,7-8,13,15H,6,9-12,17H2,1-2H3/t13?,15-/m0/s1. The maximum atomic E-state index is 12.0. The van der Waals surface area contributed by atoms with E-state index in [0.717, 1.165) is 32.5 Å². The smallest absolute Gasteiger partial charge is 0.239 e. The van der Waals surface area contributed by atoms with Crippen molar-refractivity contribution in [1.82, 2.24) is 9.80 Å². The van der Waals surface area contributed by atoms with Crippen LogP contribution in [0.15, 0.2) is 30.3 Å². The van der Waals surface area contributed by atoms with E-state index in [1.54, 1.807) is 6.92 Å². The lowest BCUT2D eigenvalue weighted by Gasteiger charge is -2.38. The maximum Gasteiger partial charge on any atom is 0.239 e. The summed E-state index contributed by atoms with van der Waals surface area (Å²) in [5.41, 5.74) is 7.02. The molecule has 2 rings (SSSR count). The number of hydrogen-bond donors (Lipinski definition) is 1. The van der Waals surface area contributed by atoms with Crippen molar-refractivity contribution >= 4 is 5.91 Å². The van der Waals surface area contributed by atoms with Crippen LogP contribution in [0.3, 0.4) is 0 Å². The van der Waals surface area contributed by atoms with Gasteiger partial charge in [-0.05, 0) is 32.4 Å². The Labute approximate surface area is 121 Å². The van der Waals surface area contributed by atoms with E-state index in [4.69, 9.17) is 5.73 Å². The number of piperidine rings is 1. The molecule has 1 aromatic rings. The molecule has 1 saturated heterocycles. The van der Waals surface area contributed by atoms with Gasteiger partial charge in [0.15, 0.2) is 0 Å². The summed E-state index contributed by atoms with van der Waals surface area (Å²) in [6.07, 6.45) is 2.20. The highest BCUT2D eigenvalue weighted by molar-refractivity contribution is 5.81. The Balaban J connectivity index is 1.93. The van der Waals surface area contributed by atoms with E-state index in [9.17, 15) is 4.79 Å². The molecule has 4 nitrogen and oxygen atoms in total. The van der Waals surface area contributed by atoms with Crippen molar-refractivity contribution in [2.75, 3.05) is 20.1 Å². The molecule has 1 heterocycles. The second kappa shape index (κ2) is 6.86. The number of nitrogens with zero attached hydrogens (tertiary/aromatic N) is 2. The summed E-state index contributed by atoms with van der Waals surface area (Å²) in [5.74, 6) is 0.0720. The molecule has 0 radical (unpaired) electrons. The van der Waals surface area contributed by atoms with Gasteiger partial charge in [0.05, 0.1) is 6.04 Å². The fourth-order valence-corrected chi connectivity index (χ4v) is 2.80. The van der Waals surface area contributed by atoms with Crippen LogP contribution in [0.2, 0.25) is 0 Å². The van der Waals surface area contributed by atoms with E-state index in [-0.39, 0.29) is 5.91 Å². The Kier molecular flexibility index (Phi) is 5.15. The average Bonchev–Trinajstić information content (AvgIpc) is 2.47. The summed E-state index contributed by atoms with van der Waals surface area (Å²) in [4.78, 5) is 16.3. The summed E-state index contributed by atoms with van der Waals surface area (Å²) < 4.78 is 0. The highest BCUT2D eigenvalue weighted by atomic mass is 16.2. The number of hydrogen-bond acceptors (Lipinski definition) is 3. The molecule has 0 saturated carbocycles. The van der Waals surface area contributed by atoms with Crippen molar-refractivity contribution in [2.45, 2.75) is 38.4 Å². The number of carbonyl (C=O) groups is 1. The molecule has 1 amide bonds. The van der Waals surface area contributed by atoms with Gasteiger partial charge in [0.1, 0.15) is 0 Å². The van der Waals surface area contributed by atoms with Gasteiger partial charge >= 0.3 is 0 Å². The van der Waals surface area contributed by atoms with Crippen LogP contribution < -0.4 is 5.73 Å². The second-order valence-electron chi connectivity index (χ2n) is 5.77. The number of benzene rings is 1. The van der Waals surface area contributed by atoms with Crippen LogP contribution in [-0.2, 0) is 11.3 Å². The van der Waals surface area contributed by atoms with E-state index < -0.39 is 6.04 Å². The van der Waals surface area contributed by atoms with Crippen LogP contribution >= 0.6 is 0 Å². The Morgan fingerprint density at radius 3 is 2.80 bits per heavy atom. The Morgan fingerprint density at radius 1 is 1.45 bits per heavy atom. The van der Waals surface area contributed by atoms with Crippen LogP contribution in [0, 0.1) is 0 Å². The minimum absolute atomic E-state index is 0.0720. The van der Waals surface area contributed by atoms with Crippen molar-refractivity contribution in [2.24, 2.45) is 5.73 Å². The lowest BCUT2D eigenvalue weighted by atomic mass is 10.0. The third kappa shape index (κ3) is 3.81. The molecular formula is C16H25N3O. The number of amides is 1. The molecular weight excluding hydrogens is 250 g/mol. The predicted octanol–water partition coefficient (Wildman–Crippen LogP) is 1.46. The molecule has 20 heavy (non-hydrogen) atoms. The van der Waals surface area contributed by atoms with Crippen molar-refractivity contribution in [3.05, 3.63) is 35.9 Å². The summed E-state index contributed by atoms with van der Waals surface area (Å²) in [6, 6.07) is 10.5. The topological polar surface area (TPSA) is 49.6 Å². The second-order valence-corrected chi connectivity index (χ2v) is 5.77. The first-order valence-electron chi connectivity index (χ1n) is 7.36. The normalized spacial score (nSPS) is 21.0. The van der Waals surface area contributed by atoms with Gasteiger partial charge in [-0.3, -0.25) is 9.69 Å². The molecule has 2 N–H and O–H groups in total. The lowest BCUT2D eigenvalue weighted by Crippen LogP contribution is -2.52. The van der Waals surface area contributed by atoms with E-state index in [1.165, 1.54) is 5.56 Å². The zero-order valence-electron chi connectivity index (χ0n) is 12.5. The first-order chi connectivity index (χ1) is 9.58. The summed E-state index contributed by atoms with van der Waals surface area (Å²) >= 11 is 0. The first kappa shape index (κ1) is 15.0. The largest absolute Gasteiger partial charge is 0.340 e. The fourth-order valence-electron chi connectivity index (χ4n) is 2.80. The van der Waals surface area contributed by atoms with Crippen LogP contribution in [-0.4, -0.2) is 47.9 Å². The van der Waals surface area contributed by atoms with Gasteiger partial charge in [0, 0.05) is 25.7 Å². The molecule has 0 bridgehead atoms. The van der Waals surface area contributed by atoms with Crippen LogP contribution in [0.5, 0.6) is 0 Å². The van der Waals surface area contributed by atoms with Gasteiger partial charge in [0.2, 0.25) is 5.91 Å². The Hall–Kier alpha value is -1.39. The van der Waals surface area contributed by atoms with E-state index >= 15 is 0 Å². The number of rotatable bonds is 4. The zero-order chi connectivity index (χ0) is 14.5. The molecule has 2 atom stereocenters. The van der Waals surface area contributed by atoms with Crippen LogP contribution in [0.25, 0.3) is 0 Å². The van der Waals surface area contributed by atoms with Gasteiger partial charge in [0.25, 0.3) is 0 Å². The minimum atomic E-state index is -0.395. The van der Waals surface area contributed by atoms with Crippen molar-refractivity contribution in [3.8, 4) is 0 Å². The molecule has 0 aromatic heterocycles. The number of nitrogens with two attached hydrogens (primary N) is 1. The van der Waals surface area contributed by atoms with Gasteiger partial charge < -0.3 is 10.6 Å². The Morgan fingerprint density at radius 2 is 2.15 bits per heavy atom. The highest BCUT2D eigenvalue weighted by Gasteiger charge is 2.27. The maximum absolute atomic E-state index is 12.0. The van der Waals surface area contributed by atoms with Gasteiger partial charge in [-0.25, -0.2) is 0 Å². The van der Waals surface area contributed by atoms with E-state index in [0.29, 0.717) is 6.04 Å². The summed E-state index contributed by atoms with van der Waals surface area (Å²) in [5, 5.41) is 0. The molecule has 1 aromatic carbocycles. The summed E-state index contributed by atoms with van der Waals surface area (Å²) in [6.45, 7) is 4.32. The lowest BCUT2D eigenvalue weighted by molar-refractivity contribution is -0.134. The molecule has 1 aliphatic rings. The number of likely N-dealkylation sites (N-methyl/N-ethyl adjacent to an activating group) is 1. The zero-order valence-corrected chi connectivity index (χ0v) is 12.5. The van der Waals surface area contributed by atoms with Crippen LogP contribution in [0.1, 0.15) is 25.3 Å². The Bertz CT molecular complexity index is 433. The molecule has 4 heteroatoms. The van der Waals surface area contributed by atoms with E-state index in [2.05, 4.69) is 36.2 Å². The van der Waals surface area contributed by atoms with Gasteiger partial charge in [-0.2, -0.15) is 0 Å². The van der Waals surface area contributed by atoms with Crippen molar-refractivity contribution in [3.63, 3.8) is 0 Å². The van der Waals surface area contributed by atoms with Crippen molar-refractivity contribution < 1.29 is 4.79 Å². The third-order valence-electron chi connectivity index (χ3n) is 4.00. The predicted molar refractivity (Wildman–Crippen MR) is 81.2 cm³/mol. The summed E-state index contributed by atoms with van der Waals surface area (Å²) in [7, 11) is 2.14. The quantitative estimate of drug-likeness (QED) is 0.905. The molecule has 0 spiro atoms.